The minimum Gasteiger partial charge on any atom is -0.462 e. The lowest BCUT2D eigenvalue weighted by atomic mass is 10.1. The van der Waals surface area contributed by atoms with Crippen LogP contribution in [0.25, 0.3) is 11.2 Å². The van der Waals surface area contributed by atoms with Crippen molar-refractivity contribution in [2.24, 2.45) is 5.73 Å². The molecule has 30 heavy (non-hydrogen) atoms. The number of carbonyl (C=O) groups is 1. The molecule has 11 nitrogen and oxygen atoms in total. The molecule has 0 bridgehead atoms. The number of esters is 1. The van der Waals surface area contributed by atoms with E-state index in [2.05, 4.69) is 15.0 Å². The first-order valence-corrected chi connectivity index (χ1v) is 9.36. The lowest BCUT2D eigenvalue weighted by molar-refractivity contribution is -0.151. The molecule has 1 fully saturated rings. The molecule has 3 heterocycles. The molecule has 158 valence electrons. The number of ether oxygens (including phenoxy) is 2. The van der Waals surface area contributed by atoms with Crippen molar-refractivity contribution in [3.63, 3.8) is 0 Å². The van der Waals surface area contributed by atoms with Gasteiger partial charge in [-0.3, -0.25) is 9.36 Å². The largest absolute Gasteiger partial charge is 0.462 e. The molecule has 4 rings (SSSR count). The van der Waals surface area contributed by atoms with Gasteiger partial charge in [-0.15, -0.1) is 0 Å². The summed E-state index contributed by atoms with van der Waals surface area (Å²) in [6.07, 6.45) is -1.54. The van der Waals surface area contributed by atoms with Gasteiger partial charge < -0.3 is 31.2 Å². The maximum atomic E-state index is 12.2. The highest BCUT2D eigenvalue weighted by Crippen LogP contribution is 2.32. The Hall–Kier alpha value is -3.12. The second-order valence-corrected chi connectivity index (χ2v) is 7.06. The van der Waals surface area contributed by atoms with Crippen LogP contribution in [0.5, 0.6) is 0 Å². The number of imidazole rings is 1. The number of aliphatic hydroxyl groups is 2. The summed E-state index contributed by atoms with van der Waals surface area (Å²) in [5.74, 6) is -0.439. The highest BCUT2D eigenvalue weighted by atomic mass is 16.6. The van der Waals surface area contributed by atoms with Crippen molar-refractivity contribution in [3.8, 4) is 0 Å². The number of nitrogen functional groups attached to an aromatic ring is 1. The Labute approximate surface area is 171 Å². The zero-order valence-corrected chi connectivity index (χ0v) is 15.9. The van der Waals surface area contributed by atoms with E-state index >= 15 is 0 Å². The summed E-state index contributed by atoms with van der Waals surface area (Å²) in [6.45, 7) is -0.264. The summed E-state index contributed by atoms with van der Waals surface area (Å²) in [5.41, 5.74) is 13.3. The molecule has 1 aliphatic heterocycles. The molecule has 2 aromatic heterocycles. The van der Waals surface area contributed by atoms with Crippen LogP contribution < -0.4 is 11.5 Å². The fourth-order valence-corrected chi connectivity index (χ4v) is 3.38. The van der Waals surface area contributed by atoms with E-state index in [0.29, 0.717) is 17.6 Å². The molecular formula is C19H22N6O5. The third-order valence-corrected chi connectivity index (χ3v) is 4.99. The predicted octanol–water partition coefficient (Wildman–Crippen LogP) is -0.859. The maximum absolute atomic E-state index is 12.2. The fraction of sp³-hybridized carbons (Fsp3) is 0.368. The Morgan fingerprint density at radius 1 is 1.20 bits per heavy atom. The van der Waals surface area contributed by atoms with E-state index < -0.39 is 36.6 Å². The van der Waals surface area contributed by atoms with Gasteiger partial charge in [0.25, 0.3) is 0 Å². The van der Waals surface area contributed by atoms with Crippen molar-refractivity contribution >= 4 is 23.0 Å². The molecule has 0 amide bonds. The molecule has 0 unspecified atom stereocenters. The lowest BCUT2D eigenvalue weighted by Gasteiger charge is -2.17. The Kier molecular flexibility index (Phi) is 5.59. The number of benzene rings is 1. The Morgan fingerprint density at radius 3 is 2.73 bits per heavy atom. The quantitative estimate of drug-likeness (QED) is 0.372. The number of hydrogen-bond acceptors (Lipinski definition) is 10. The summed E-state index contributed by atoms with van der Waals surface area (Å²) in [7, 11) is 0. The van der Waals surface area contributed by atoms with Crippen LogP contribution in [0.4, 0.5) is 5.82 Å². The Balaban J connectivity index is 1.39. The number of nitrogens with two attached hydrogens (primary N) is 2. The van der Waals surface area contributed by atoms with Crippen LogP contribution in [0.15, 0.2) is 43.0 Å². The van der Waals surface area contributed by atoms with Crippen LogP contribution in [0.2, 0.25) is 0 Å². The van der Waals surface area contributed by atoms with Gasteiger partial charge in [0, 0.05) is 0 Å². The van der Waals surface area contributed by atoms with Crippen molar-refractivity contribution in [1.82, 2.24) is 19.5 Å². The summed E-state index contributed by atoms with van der Waals surface area (Å²) in [4.78, 5) is 24.3. The fourth-order valence-electron chi connectivity index (χ4n) is 3.38. The number of aromatic nitrogens is 4. The van der Waals surface area contributed by atoms with Gasteiger partial charge in [0.15, 0.2) is 17.7 Å². The summed E-state index contributed by atoms with van der Waals surface area (Å²) >= 11 is 0. The van der Waals surface area contributed by atoms with Gasteiger partial charge >= 0.3 is 5.97 Å². The number of rotatable bonds is 6. The number of anilines is 1. The Morgan fingerprint density at radius 2 is 1.97 bits per heavy atom. The van der Waals surface area contributed by atoms with Crippen molar-refractivity contribution in [3.05, 3.63) is 48.5 Å². The second kappa shape index (κ2) is 8.32. The normalized spacial score (nSPS) is 24.8. The van der Waals surface area contributed by atoms with Crippen LogP contribution in [0.1, 0.15) is 11.8 Å². The van der Waals surface area contributed by atoms with Gasteiger partial charge in [0.05, 0.1) is 6.33 Å². The SMILES string of the molecule is Nc1ncnc2c1ncn2[C@@H]1O[C@H](COC(=O)[C@@H](N)Cc2ccccc2)[C@@H](O)[C@H]1O. The average Bonchev–Trinajstić information content (AvgIpc) is 3.29. The van der Waals surface area contributed by atoms with Gasteiger partial charge in [-0.2, -0.15) is 0 Å². The van der Waals surface area contributed by atoms with Crippen LogP contribution in [0, 0.1) is 0 Å². The number of nitrogens with zero attached hydrogens (tertiary/aromatic N) is 4. The molecule has 0 radical (unpaired) electrons. The third kappa shape index (κ3) is 3.83. The van der Waals surface area contributed by atoms with Gasteiger partial charge in [-0.25, -0.2) is 15.0 Å². The smallest absolute Gasteiger partial charge is 0.323 e. The molecule has 11 heteroatoms. The van der Waals surface area contributed by atoms with E-state index in [1.54, 1.807) is 0 Å². The van der Waals surface area contributed by atoms with E-state index in [9.17, 15) is 15.0 Å². The van der Waals surface area contributed by atoms with E-state index in [1.165, 1.54) is 17.2 Å². The average molecular weight is 414 g/mol. The van der Waals surface area contributed by atoms with Crippen LogP contribution >= 0.6 is 0 Å². The first kappa shape index (κ1) is 20.2. The monoisotopic (exact) mass is 414 g/mol. The number of aliphatic hydroxyl groups excluding tert-OH is 2. The van der Waals surface area contributed by atoms with E-state index in [0.717, 1.165) is 5.56 Å². The summed E-state index contributed by atoms with van der Waals surface area (Å²) < 4.78 is 12.4. The van der Waals surface area contributed by atoms with Crippen molar-refractivity contribution in [2.45, 2.75) is 37.0 Å². The molecule has 0 saturated carbocycles. The number of fused-ring (bicyclic) bond motifs is 1. The van der Waals surface area contributed by atoms with Crippen molar-refractivity contribution < 1.29 is 24.5 Å². The predicted molar refractivity (Wildman–Crippen MR) is 105 cm³/mol. The maximum Gasteiger partial charge on any atom is 0.323 e. The minimum absolute atomic E-state index is 0.185. The zero-order chi connectivity index (χ0) is 21.3. The molecule has 1 aliphatic rings. The van der Waals surface area contributed by atoms with E-state index in [4.69, 9.17) is 20.9 Å². The van der Waals surface area contributed by atoms with Crippen molar-refractivity contribution in [1.29, 1.82) is 0 Å². The molecular weight excluding hydrogens is 392 g/mol. The van der Waals surface area contributed by atoms with Crippen LogP contribution in [0.3, 0.4) is 0 Å². The lowest BCUT2D eigenvalue weighted by Crippen LogP contribution is -2.38. The van der Waals surface area contributed by atoms with Crippen molar-refractivity contribution in [2.75, 3.05) is 12.3 Å². The van der Waals surface area contributed by atoms with E-state index in [-0.39, 0.29) is 12.4 Å². The first-order valence-electron chi connectivity index (χ1n) is 9.36. The number of hydrogen-bond donors (Lipinski definition) is 4. The standard InChI is InChI=1S/C19H22N6O5/c20-11(6-10-4-2-1-3-5-10)19(28)29-7-12-14(26)15(27)18(30-12)25-9-24-13-16(21)22-8-23-17(13)25/h1-5,8-9,11-12,14-15,18,26-27H,6-7,20H2,(H2,21,22,23)/t11-,12+,14+,15+,18+/m0/s1. The third-order valence-electron chi connectivity index (χ3n) is 4.99. The Bertz CT molecular complexity index is 1030. The van der Waals surface area contributed by atoms with Gasteiger partial charge in [-0.05, 0) is 12.0 Å². The molecule has 1 saturated heterocycles. The first-order chi connectivity index (χ1) is 14.5. The molecule has 0 aliphatic carbocycles. The molecule has 1 aromatic carbocycles. The summed E-state index contributed by atoms with van der Waals surface area (Å²) in [6, 6.07) is 8.46. The highest BCUT2D eigenvalue weighted by Gasteiger charge is 2.45. The van der Waals surface area contributed by atoms with Crippen LogP contribution in [-0.4, -0.2) is 66.7 Å². The molecule has 3 aromatic rings. The highest BCUT2D eigenvalue weighted by molar-refractivity contribution is 5.81. The van der Waals surface area contributed by atoms with Crippen LogP contribution in [-0.2, 0) is 20.7 Å². The van der Waals surface area contributed by atoms with Gasteiger partial charge in [-0.1, -0.05) is 30.3 Å². The molecule has 5 atom stereocenters. The molecule has 6 N–H and O–H groups in total. The van der Waals surface area contributed by atoms with Gasteiger partial charge in [0.1, 0.15) is 42.8 Å². The van der Waals surface area contributed by atoms with E-state index in [1.807, 2.05) is 30.3 Å². The summed E-state index contributed by atoms with van der Waals surface area (Å²) in [5, 5.41) is 20.8. The number of carbonyl (C=O) groups excluding carboxylic acids is 1. The molecule has 0 spiro atoms. The minimum atomic E-state index is -1.29. The van der Waals surface area contributed by atoms with Gasteiger partial charge in [0.2, 0.25) is 0 Å². The topological polar surface area (TPSA) is 172 Å². The second-order valence-electron chi connectivity index (χ2n) is 7.06. The zero-order valence-electron chi connectivity index (χ0n) is 15.9.